The number of ether oxygens (including phenoxy) is 1. The zero-order valence-corrected chi connectivity index (χ0v) is 12.0. The van der Waals surface area contributed by atoms with Gasteiger partial charge in [-0.3, -0.25) is 0 Å². The maximum atomic E-state index is 13.9. The van der Waals surface area contributed by atoms with Crippen LogP contribution in [-0.2, 0) is 4.74 Å². The fourth-order valence-electron chi connectivity index (χ4n) is 2.25. The molecule has 0 fully saturated rings. The van der Waals surface area contributed by atoms with Gasteiger partial charge in [0.2, 0.25) is 0 Å². The molecule has 1 aromatic rings. The molecule has 0 spiro atoms. The van der Waals surface area contributed by atoms with Gasteiger partial charge in [-0.25, -0.2) is 8.78 Å². The van der Waals surface area contributed by atoms with Gasteiger partial charge in [-0.15, -0.1) is 0 Å². The Labute approximate surface area is 114 Å². The molecule has 0 radical (unpaired) electrons. The molecule has 0 aliphatic rings. The Hall–Kier alpha value is -1.00. The SMILES string of the molecule is CCCNC(c1cc(F)ccc1F)C(OC)C(C)C. The third kappa shape index (κ3) is 4.25. The van der Waals surface area contributed by atoms with Crippen molar-refractivity contribution in [1.82, 2.24) is 5.32 Å². The van der Waals surface area contributed by atoms with Crippen LogP contribution in [0.5, 0.6) is 0 Å². The second-order valence-electron chi connectivity index (χ2n) is 5.04. The van der Waals surface area contributed by atoms with E-state index in [2.05, 4.69) is 5.32 Å². The number of nitrogens with one attached hydrogen (secondary N) is 1. The van der Waals surface area contributed by atoms with Gasteiger partial charge in [0.25, 0.3) is 0 Å². The van der Waals surface area contributed by atoms with Crippen molar-refractivity contribution in [2.45, 2.75) is 39.3 Å². The van der Waals surface area contributed by atoms with E-state index in [1.165, 1.54) is 12.1 Å². The van der Waals surface area contributed by atoms with Crippen LogP contribution >= 0.6 is 0 Å². The topological polar surface area (TPSA) is 21.3 Å². The Kier molecular flexibility index (Phi) is 6.38. The van der Waals surface area contributed by atoms with Crippen LogP contribution in [0.3, 0.4) is 0 Å². The first-order chi connectivity index (χ1) is 9.01. The molecule has 0 amide bonds. The summed E-state index contributed by atoms with van der Waals surface area (Å²) in [6.07, 6.45) is 0.713. The van der Waals surface area contributed by atoms with Gasteiger partial charge >= 0.3 is 0 Å². The summed E-state index contributed by atoms with van der Waals surface area (Å²) in [6, 6.07) is 3.20. The molecular weight excluding hydrogens is 248 g/mol. The Morgan fingerprint density at radius 3 is 2.47 bits per heavy atom. The summed E-state index contributed by atoms with van der Waals surface area (Å²) in [4.78, 5) is 0. The molecule has 2 nitrogen and oxygen atoms in total. The van der Waals surface area contributed by atoms with Gasteiger partial charge in [0.1, 0.15) is 11.6 Å². The minimum absolute atomic E-state index is 0.196. The number of halogens is 2. The second-order valence-corrected chi connectivity index (χ2v) is 5.04. The van der Waals surface area contributed by atoms with E-state index in [1.54, 1.807) is 7.11 Å². The highest BCUT2D eigenvalue weighted by molar-refractivity contribution is 5.23. The molecule has 0 saturated heterocycles. The Morgan fingerprint density at radius 1 is 1.26 bits per heavy atom. The monoisotopic (exact) mass is 271 g/mol. The Balaban J connectivity index is 3.10. The van der Waals surface area contributed by atoms with Gasteiger partial charge in [0, 0.05) is 12.7 Å². The van der Waals surface area contributed by atoms with Crippen molar-refractivity contribution in [3.05, 3.63) is 35.4 Å². The van der Waals surface area contributed by atoms with E-state index in [0.717, 1.165) is 19.0 Å². The van der Waals surface area contributed by atoms with E-state index in [4.69, 9.17) is 4.74 Å². The third-order valence-corrected chi connectivity index (χ3v) is 3.17. The summed E-state index contributed by atoms with van der Waals surface area (Å²) in [6.45, 7) is 6.77. The average molecular weight is 271 g/mol. The first-order valence-electron chi connectivity index (χ1n) is 6.72. The number of methoxy groups -OCH3 is 1. The Bertz CT molecular complexity index is 396. The van der Waals surface area contributed by atoms with E-state index in [9.17, 15) is 8.78 Å². The number of rotatable bonds is 7. The molecule has 0 bridgehead atoms. The van der Waals surface area contributed by atoms with Crippen molar-refractivity contribution in [2.24, 2.45) is 5.92 Å². The lowest BCUT2D eigenvalue weighted by molar-refractivity contribution is 0.0316. The maximum Gasteiger partial charge on any atom is 0.128 e. The normalized spacial score (nSPS) is 14.7. The van der Waals surface area contributed by atoms with Gasteiger partial charge < -0.3 is 10.1 Å². The van der Waals surface area contributed by atoms with Crippen LogP contribution < -0.4 is 5.32 Å². The highest BCUT2D eigenvalue weighted by Gasteiger charge is 2.27. The highest BCUT2D eigenvalue weighted by Crippen LogP contribution is 2.27. The van der Waals surface area contributed by atoms with Crippen LogP contribution in [-0.4, -0.2) is 19.8 Å². The summed E-state index contributed by atoms with van der Waals surface area (Å²) in [5, 5.41) is 3.25. The zero-order chi connectivity index (χ0) is 14.4. The minimum Gasteiger partial charge on any atom is -0.379 e. The van der Waals surface area contributed by atoms with Crippen LogP contribution in [0.25, 0.3) is 0 Å². The molecule has 2 unspecified atom stereocenters. The quantitative estimate of drug-likeness (QED) is 0.817. The largest absolute Gasteiger partial charge is 0.379 e. The molecule has 1 rings (SSSR count). The van der Waals surface area contributed by atoms with Gasteiger partial charge in [0.05, 0.1) is 12.1 Å². The molecule has 1 aromatic carbocycles. The third-order valence-electron chi connectivity index (χ3n) is 3.17. The fourth-order valence-corrected chi connectivity index (χ4v) is 2.25. The zero-order valence-electron chi connectivity index (χ0n) is 12.0. The standard InChI is InChI=1S/C15H23F2NO/c1-5-8-18-14(15(19-4)10(2)3)12-9-11(16)6-7-13(12)17/h6-7,9-10,14-15,18H,5,8H2,1-4H3. The molecule has 0 aromatic heterocycles. The van der Waals surface area contributed by atoms with Crippen LogP contribution in [0.15, 0.2) is 18.2 Å². The van der Waals surface area contributed by atoms with E-state index >= 15 is 0 Å². The minimum atomic E-state index is -0.432. The van der Waals surface area contributed by atoms with Gasteiger partial charge in [-0.2, -0.15) is 0 Å². The molecule has 108 valence electrons. The van der Waals surface area contributed by atoms with Crippen molar-refractivity contribution in [2.75, 3.05) is 13.7 Å². The fraction of sp³-hybridized carbons (Fsp3) is 0.600. The lowest BCUT2D eigenvalue weighted by atomic mass is 9.93. The lowest BCUT2D eigenvalue weighted by Gasteiger charge is -2.30. The lowest BCUT2D eigenvalue weighted by Crippen LogP contribution is -2.37. The van der Waals surface area contributed by atoms with Crippen molar-refractivity contribution in [3.63, 3.8) is 0 Å². The molecule has 0 heterocycles. The van der Waals surface area contributed by atoms with Crippen molar-refractivity contribution in [3.8, 4) is 0 Å². The molecule has 0 aliphatic carbocycles. The molecule has 0 saturated carbocycles. The first kappa shape index (κ1) is 16.1. The van der Waals surface area contributed by atoms with E-state index in [0.29, 0.717) is 5.56 Å². The smallest absolute Gasteiger partial charge is 0.128 e. The molecule has 1 N–H and O–H groups in total. The van der Waals surface area contributed by atoms with Gasteiger partial charge in [-0.05, 0) is 37.1 Å². The molecule has 2 atom stereocenters. The molecule has 4 heteroatoms. The summed E-state index contributed by atoms with van der Waals surface area (Å²) in [5.74, 6) is -0.641. The van der Waals surface area contributed by atoms with Crippen molar-refractivity contribution < 1.29 is 13.5 Å². The number of hydrogen-bond donors (Lipinski definition) is 1. The van der Waals surface area contributed by atoms with Gasteiger partial charge in [-0.1, -0.05) is 20.8 Å². The highest BCUT2D eigenvalue weighted by atomic mass is 19.1. The summed E-state index contributed by atoms with van der Waals surface area (Å²) < 4.78 is 32.8. The first-order valence-corrected chi connectivity index (χ1v) is 6.72. The second kappa shape index (κ2) is 7.56. The average Bonchev–Trinajstić information content (AvgIpc) is 2.37. The van der Waals surface area contributed by atoms with E-state index in [-0.39, 0.29) is 18.1 Å². The maximum absolute atomic E-state index is 13.9. The van der Waals surface area contributed by atoms with Crippen LogP contribution in [0.1, 0.15) is 38.8 Å². The summed E-state index contributed by atoms with van der Waals surface area (Å²) in [7, 11) is 1.60. The predicted molar refractivity (Wildman–Crippen MR) is 73.0 cm³/mol. The summed E-state index contributed by atoms with van der Waals surface area (Å²) in [5.41, 5.74) is 0.328. The number of hydrogen-bond acceptors (Lipinski definition) is 2. The van der Waals surface area contributed by atoms with Crippen LogP contribution in [0.2, 0.25) is 0 Å². The summed E-state index contributed by atoms with van der Waals surface area (Å²) >= 11 is 0. The van der Waals surface area contributed by atoms with E-state index in [1.807, 2.05) is 20.8 Å². The predicted octanol–water partition coefficient (Wildman–Crippen LogP) is 3.68. The van der Waals surface area contributed by atoms with Gasteiger partial charge in [0.15, 0.2) is 0 Å². The van der Waals surface area contributed by atoms with Crippen molar-refractivity contribution >= 4 is 0 Å². The molecule has 19 heavy (non-hydrogen) atoms. The molecular formula is C15H23F2NO. The van der Waals surface area contributed by atoms with Crippen molar-refractivity contribution in [1.29, 1.82) is 0 Å². The van der Waals surface area contributed by atoms with Crippen LogP contribution in [0.4, 0.5) is 8.78 Å². The number of benzene rings is 1. The Morgan fingerprint density at radius 2 is 1.95 bits per heavy atom. The van der Waals surface area contributed by atoms with Crippen LogP contribution in [0, 0.1) is 17.6 Å². The van der Waals surface area contributed by atoms with E-state index < -0.39 is 11.6 Å². The molecule has 0 aliphatic heterocycles.